The van der Waals surface area contributed by atoms with Crippen LogP contribution in [0.2, 0.25) is 0 Å². The first-order chi connectivity index (χ1) is 11.9. The molecule has 0 spiro atoms. The number of nitrogens with one attached hydrogen (secondary N) is 1. The van der Waals surface area contributed by atoms with Crippen molar-refractivity contribution in [2.24, 2.45) is 0 Å². The Morgan fingerprint density at radius 3 is 2.56 bits per heavy atom. The standard InChI is InChI=1S/C20H18N2O3/c1-20(2,12-21)14-7-9-15(10-8-14)22-18(23)17-11-13-5-3-4-6-16(13)19(24)25-17/h3-10,17H,11H2,1-2H3,(H,22,23). The van der Waals surface area contributed by atoms with Crippen molar-refractivity contribution in [3.05, 3.63) is 65.2 Å². The molecule has 5 heteroatoms. The maximum absolute atomic E-state index is 12.4. The zero-order valence-electron chi connectivity index (χ0n) is 14.1. The number of esters is 1. The molecule has 0 radical (unpaired) electrons. The molecule has 1 N–H and O–H groups in total. The first-order valence-electron chi connectivity index (χ1n) is 8.02. The summed E-state index contributed by atoms with van der Waals surface area (Å²) < 4.78 is 5.25. The summed E-state index contributed by atoms with van der Waals surface area (Å²) in [5.41, 5.74) is 2.19. The summed E-state index contributed by atoms with van der Waals surface area (Å²) in [6.45, 7) is 3.67. The molecule has 3 rings (SSSR count). The number of ether oxygens (including phenoxy) is 1. The van der Waals surface area contributed by atoms with Crippen LogP contribution in [0.5, 0.6) is 0 Å². The van der Waals surface area contributed by atoms with Crippen LogP contribution in [0.1, 0.15) is 35.3 Å². The van der Waals surface area contributed by atoms with E-state index in [1.54, 1.807) is 36.4 Å². The van der Waals surface area contributed by atoms with Crippen molar-refractivity contribution in [1.29, 1.82) is 5.26 Å². The average Bonchev–Trinajstić information content (AvgIpc) is 2.62. The first kappa shape index (κ1) is 16.7. The Balaban J connectivity index is 1.71. The lowest BCUT2D eigenvalue weighted by atomic mass is 9.86. The van der Waals surface area contributed by atoms with Crippen LogP contribution in [0.4, 0.5) is 5.69 Å². The molecule has 0 saturated heterocycles. The van der Waals surface area contributed by atoms with Crippen LogP contribution in [0.25, 0.3) is 0 Å². The number of anilines is 1. The van der Waals surface area contributed by atoms with Crippen LogP contribution in [-0.2, 0) is 21.4 Å². The van der Waals surface area contributed by atoms with E-state index in [2.05, 4.69) is 11.4 Å². The monoisotopic (exact) mass is 334 g/mol. The van der Waals surface area contributed by atoms with E-state index in [0.717, 1.165) is 11.1 Å². The van der Waals surface area contributed by atoms with E-state index >= 15 is 0 Å². The Hall–Kier alpha value is -3.13. The predicted octanol–water partition coefficient (Wildman–Crippen LogP) is 3.21. The number of nitriles is 1. The highest BCUT2D eigenvalue weighted by Crippen LogP contribution is 2.25. The molecule has 2 aromatic rings. The largest absolute Gasteiger partial charge is 0.448 e. The summed E-state index contributed by atoms with van der Waals surface area (Å²) in [4.78, 5) is 24.4. The van der Waals surface area contributed by atoms with E-state index < -0.39 is 17.5 Å². The molecular formula is C20H18N2O3. The van der Waals surface area contributed by atoms with Crippen molar-refractivity contribution in [2.75, 3.05) is 5.32 Å². The summed E-state index contributed by atoms with van der Waals surface area (Å²) in [6, 6.07) is 16.5. The van der Waals surface area contributed by atoms with Crippen LogP contribution >= 0.6 is 0 Å². The van der Waals surface area contributed by atoms with Crippen molar-refractivity contribution < 1.29 is 14.3 Å². The number of benzene rings is 2. The van der Waals surface area contributed by atoms with Crippen LogP contribution in [0.15, 0.2) is 48.5 Å². The van der Waals surface area contributed by atoms with E-state index in [4.69, 9.17) is 10.00 Å². The van der Waals surface area contributed by atoms with Gasteiger partial charge in [-0.25, -0.2) is 4.79 Å². The van der Waals surface area contributed by atoms with Crippen molar-refractivity contribution in [1.82, 2.24) is 0 Å². The second kappa shape index (κ2) is 6.40. The molecule has 2 aromatic carbocycles. The van der Waals surface area contributed by atoms with Gasteiger partial charge in [0.1, 0.15) is 0 Å². The summed E-state index contributed by atoms with van der Waals surface area (Å²) in [6.07, 6.45) is -0.495. The van der Waals surface area contributed by atoms with Crippen molar-refractivity contribution in [3.63, 3.8) is 0 Å². The van der Waals surface area contributed by atoms with E-state index in [1.807, 2.05) is 26.0 Å². The fraction of sp³-hybridized carbons (Fsp3) is 0.250. The topological polar surface area (TPSA) is 79.2 Å². The van der Waals surface area contributed by atoms with E-state index in [9.17, 15) is 9.59 Å². The fourth-order valence-electron chi connectivity index (χ4n) is 2.74. The molecule has 1 unspecified atom stereocenters. The van der Waals surface area contributed by atoms with Gasteiger partial charge < -0.3 is 10.1 Å². The van der Waals surface area contributed by atoms with Gasteiger partial charge in [-0.2, -0.15) is 5.26 Å². The zero-order chi connectivity index (χ0) is 18.0. The number of carbonyl (C=O) groups excluding carboxylic acids is 2. The number of hydrogen-bond acceptors (Lipinski definition) is 4. The van der Waals surface area contributed by atoms with Crippen LogP contribution in [-0.4, -0.2) is 18.0 Å². The van der Waals surface area contributed by atoms with Crippen LogP contribution in [0.3, 0.4) is 0 Å². The van der Waals surface area contributed by atoms with Crippen LogP contribution in [0, 0.1) is 11.3 Å². The minimum Gasteiger partial charge on any atom is -0.448 e. The van der Waals surface area contributed by atoms with Gasteiger partial charge in [-0.15, -0.1) is 0 Å². The zero-order valence-corrected chi connectivity index (χ0v) is 14.1. The molecule has 1 amide bonds. The Bertz CT molecular complexity index is 863. The second-order valence-corrected chi connectivity index (χ2v) is 6.56. The Morgan fingerprint density at radius 1 is 1.20 bits per heavy atom. The number of fused-ring (bicyclic) bond motifs is 1. The lowest BCUT2D eigenvalue weighted by molar-refractivity contribution is -0.125. The van der Waals surface area contributed by atoms with Gasteiger partial charge in [-0.3, -0.25) is 4.79 Å². The molecule has 0 saturated carbocycles. The van der Waals surface area contributed by atoms with Gasteiger partial charge >= 0.3 is 5.97 Å². The fourth-order valence-corrected chi connectivity index (χ4v) is 2.74. The highest BCUT2D eigenvalue weighted by atomic mass is 16.5. The summed E-state index contributed by atoms with van der Waals surface area (Å²) in [7, 11) is 0. The highest BCUT2D eigenvalue weighted by molar-refractivity contribution is 6.00. The Morgan fingerprint density at radius 2 is 1.88 bits per heavy atom. The number of amides is 1. The van der Waals surface area contributed by atoms with Gasteiger partial charge in [0.15, 0.2) is 6.10 Å². The van der Waals surface area contributed by atoms with Crippen molar-refractivity contribution in [3.8, 4) is 6.07 Å². The lowest BCUT2D eigenvalue weighted by Gasteiger charge is -2.24. The van der Waals surface area contributed by atoms with Gasteiger partial charge in [0, 0.05) is 12.1 Å². The quantitative estimate of drug-likeness (QED) is 0.874. The molecule has 0 bridgehead atoms. The molecule has 25 heavy (non-hydrogen) atoms. The Kier molecular flexibility index (Phi) is 4.28. The molecule has 0 aromatic heterocycles. The van der Waals surface area contributed by atoms with Gasteiger partial charge in [0.2, 0.25) is 0 Å². The minimum absolute atomic E-state index is 0.354. The number of nitrogens with zero attached hydrogens (tertiary/aromatic N) is 1. The van der Waals surface area contributed by atoms with E-state index in [1.165, 1.54) is 0 Å². The van der Waals surface area contributed by atoms with Gasteiger partial charge in [-0.1, -0.05) is 30.3 Å². The van der Waals surface area contributed by atoms with E-state index in [-0.39, 0.29) is 5.91 Å². The van der Waals surface area contributed by atoms with Crippen molar-refractivity contribution >= 4 is 17.6 Å². The Labute approximate surface area is 146 Å². The number of rotatable bonds is 3. The predicted molar refractivity (Wildman–Crippen MR) is 93.1 cm³/mol. The summed E-state index contributed by atoms with van der Waals surface area (Å²) in [5.74, 6) is -0.844. The molecule has 0 fully saturated rings. The molecule has 5 nitrogen and oxygen atoms in total. The molecule has 1 heterocycles. The molecular weight excluding hydrogens is 316 g/mol. The number of hydrogen-bond donors (Lipinski definition) is 1. The van der Waals surface area contributed by atoms with Crippen LogP contribution < -0.4 is 5.32 Å². The third kappa shape index (κ3) is 3.38. The number of carbonyl (C=O) groups is 2. The third-order valence-electron chi connectivity index (χ3n) is 4.34. The smallest absolute Gasteiger partial charge is 0.339 e. The van der Waals surface area contributed by atoms with E-state index in [0.29, 0.717) is 17.7 Å². The first-order valence-corrected chi connectivity index (χ1v) is 8.02. The molecule has 1 aliphatic rings. The molecule has 0 aliphatic carbocycles. The normalized spacial score (nSPS) is 16.4. The third-order valence-corrected chi connectivity index (χ3v) is 4.34. The van der Waals surface area contributed by atoms with Gasteiger partial charge in [0.05, 0.1) is 17.0 Å². The maximum Gasteiger partial charge on any atom is 0.339 e. The molecule has 126 valence electrons. The number of cyclic esters (lactones) is 1. The summed E-state index contributed by atoms with van der Waals surface area (Å²) >= 11 is 0. The van der Waals surface area contributed by atoms with Gasteiger partial charge in [0.25, 0.3) is 5.91 Å². The van der Waals surface area contributed by atoms with Gasteiger partial charge in [-0.05, 0) is 43.2 Å². The SMILES string of the molecule is CC(C)(C#N)c1ccc(NC(=O)C2Cc3ccccc3C(=O)O2)cc1. The highest BCUT2D eigenvalue weighted by Gasteiger charge is 2.31. The molecule has 1 atom stereocenters. The van der Waals surface area contributed by atoms with Crippen molar-refractivity contribution in [2.45, 2.75) is 31.8 Å². The average molecular weight is 334 g/mol. The lowest BCUT2D eigenvalue weighted by Crippen LogP contribution is -2.37. The minimum atomic E-state index is -0.849. The molecule has 1 aliphatic heterocycles. The summed E-state index contributed by atoms with van der Waals surface area (Å²) in [5, 5.41) is 11.9. The maximum atomic E-state index is 12.4. The second-order valence-electron chi connectivity index (χ2n) is 6.56.